The Balaban J connectivity index is 2.52. The zero-order chi connectivity index (χ0) is 15.1. The molecule has 5 nitrogen and oxygen atoms in total. The van der Waals surface area contributed by atoms with Crippen LogP contribution in [-0.2, 0) is 9.59 Å². The van der Waals surface area contributed by atoms with E-state index in [4.69, 9.17) is 0 Å². The van der Waals surface area contributed by atoms with Gasteiger partial charge in [-0.25, -0.2) is 0 Å². The molecule has 0 aromatic heterocycles. The third kappa shape index (κ3) is 4.63. The lowest BCUT2D eigenvalue weighted by atomic mass is 9.89. The van der Waals surface area contributed by atoms with Gasteiger partial charge in [-0.1, -0.05) is 19.4 Å². The van der Waals surface area contributed by atoms with Crippen molar-refractivity contribution in [3.63, 3.8) is 0 Å². The van der Waals surface area contributed by atoms with Crippen molar-refractivity contribution in [2.75, 3.05) is 19.6 Å². The Kier molecular flexibility index (Phi) is 6.71. The standard InChI is InChI=1S/C15H27N3O2/c1-5-8-16-15(20)11(3)17-14-7-9-18(12(4)19)10-13(14)6-2/h5,11,13-14,17H,1,6-10H2,2-4H3,(H,16,20)/t11-,13-,14-/m0/s1. The molecule has 3 atom stereocenters. The van der Waals surface area contributed by atoms with Crippen LogP contribution in [0.1, 0.15) is 33.6 Å². The minimum absolute atomic E-state index is 0.00579. The van der Waals surface area contributed by atoms with E-state index in [2.05, 4.69) is 24.1 Å². The first kappa shape index (κ1) is 16.7. The lowest BCUT2D eigenvalue weighted by Gasteiger charge is -2.39. The summed E-state index contributed by atoms with van der Waals surface area (Å²) in [5.74, 6) is 0.537. The molecular weight excluding hydrogens is 254 g/mol. The Hall–Kier alpha value is -1.36. The van der Waals surface area contributed by atoms with E-state index in [1.807, 2.05) is 11.8 Å². The summed E-state index contributed by atoms with van der Waals surface area (Å²) in [6, 6.07) is 0.0676. The van der Waals surface area contributed by atoms with Gasteiger partial charge in [0.2, 0.25) is 11.8 Å². The summed E-state index contributed by atoms with van der Waals surface area (Å²) in [6.07, 6.45) is 3.57. The molecule has 114 valence electrons. The first-order valence-corrected chi connectivity index (χ1v) is 7.39. The van der Waals surface area contributed by atoms with Crippen LogP contribution in [0.4, 0.5) is 0 Å². The van der Waals surface area contributed by atoms with E-state index in [1.165, 1.54) is 0 Å². The van der Waals surface area contributed by atoms with Crippen LogP contribution in [-0.4, -0.2) is 48.4 Å². The number of rotatable bonds is 6. The Morgan fingerprint density at radius 1 is 1.50 bits per heavy atom. The molecule has 1 aliphatic rings. The van der Waals surface area contributed by atoms with Crippen LogP contribution < -0.4 is 10.6 Å². The largest absolute Gasteiger partial charge is 0.351 e. The predicted molar refractivity (Wildman–Crippen MR) is 80.2 cm³/mol. The zero-order valence-corrected chi connectivity index (χ0v) is 12.8. The van der Waals surface area contributed by atoms with E-state index >= 15 is 0 Å². The van der Waals surface area contributed by atoms with Gasteiger partial charge in [-0.3, -0.25) is 9.59 Å². The Morgan fingerprint density at radius 3 is 2.75 bits per heavy atom. The number of hydrogen-bond donors (Lipinski definition) is 2. The maximum Gasteiger partial charge on any atom is 0.237 e. The smallest absolute Gasteiger partial charge is 0.237 e. The van der Waals surface area contributed by atoms with Gasteiger partial charge in [0.25, 0.3) is 0 Å². The number of likely N-dealkylation sites (tertiary alicyclic amines) is 1. The third-order valence-corrected chi connectivity index (χ3v) is 3.98. The topological polar surface area (TPSA) is 61.4 Å². The highest BCUT2D eigenvalue weighted by Crippen LogP contribution is 2.20. The minimum atomic E-state index is -0.224. The fraction of sp³-hybridized carbons (Fsp3) is 0.733. The van der Waals surface area contributed by atoms with Crippen LogP contribution in [0.25, 0.3) is 0 Å². The lowest BCUT2D eigenvalue weighted by molar-refractivity contribution is -0.131. The van der Waals surface area contributed by atoms with Crippen molar-refractivity contribution >= 4 is 11.8 Å². The van der Waals surface area contributed by atoms with Gasteiger partial charge in [0.05, 0.1) is 6.04 Å². The van der Waals surface area contributed by atoms with Crippen molar-refractivity contribution in [3.8, 4) is 0 Å². The van der Waals surface area contributed by atoms with Crippen molar-refractivity contribution in [1.29, 1.82) is 0 Å². The second-order valence-electron chi connectivity index (χ2n) is 5.45. The van der Waals surface area contributed by atoms with Crippen molar-refractivity contribution in [3.05, 3.63) is 12.7 Å². The highest BCUT2D eigenvalue weighted by atomic mass is 16.2. The van der Waals surface area contributed by atoms with Gasteiger partial charge in [-0.05, 0) is 19.3 Å². The van der Waals surface area contributed by atoms with Crippen LogP contribution in [0.15, 0.2) is 12.7 Å². The van der Waals surface area contributed by atoms with Crippen molar-refractivity contribution in [1.82, 2.24) is 15.5 Å². The Morgan fingerprint density at radius 2 is 2.20 bits per heavy atom. The number of nitrogens with one attached hydrogen (secondary N) is 2. The summed E-state index contributed by atoms with van der Waals surface area (Å²) in [6.45, 7) is 11.3. The zero-order valence-electron chi connectivity index (χ0n) is 12.8. The predicted octanol–water partition coefficient (Wildman–Crippen LogP) is 0.914. The molecule has 0 aromatic carbocycles. The van der Waals surface area contributed by atoms with Gasteiger partial charge in [0.15, 0.2) is 0 Å². The van der Waals surface area contributed by atoms with E-state index in [-0.39, 0.29) is 17.9 Å². The number of carbonyl (C=O) groups is 2. The summed E-state index contributed by atoms with van der Waals surface area (Å²) >= 11 is 0. The molecule has 5 heteroatoms. The highest BCUT2D eigenvalue weighted by molar-refractivity contribution is 5.81. The van der Waals surface area contributed by atoms with Gasteiger partial charge in [-0.15, -0.1) is 6.58 Å². The number of nitrogens with zero attached hydrogens (tertiary/aromatic N) is 1. The van der Waals surface area contributed by atoms with Crippen LogP contribution in [0.2, 0.25) is 0 Å². The van der Waals surface area contributed by atoms with Gasteiger partial charge >= 0.3 is 0 Å². The number of piperidine rings is 1. The van der Waals surface area contributed by atoms with Gasteiger partial charge in [0.1, 0.15) is 0 Å². The maximum absolute atomic E-state index is 11.9. The highest BCUT2D eigenvalue weighted by Gasteiger charge is 2.30. The molecule has 2 N–H and O–H groups in total. The third-order valence-electron chi connectivity index (χ3n) is 3.98. The first-order valence-electron chi connectivity index (χ1n) is 7.39. The van der Waals surface area contributed by atoms with Gasteiger partial charge in [-0.2, -0.15) is 0 Å². The molecule has 1 saturated heterocycles. The SMILES string of the molecule is C=CCNC(=O)[C@H](C)N[C@H]1CCN(C(C)=O)C[C@@H]1CC. The van der Waals surface area contributed by atoms with Gasteiger partial charge < -0.3 is 15.5 Å². The monoisotopic (exact) mass is 281 g/mol. The molecule has 0 bridgehead atoms. The summed E-state index contributed by atoms with van der Waals surface area (Å²) in [5, 5.41) is 6.20. The minimum Gasteiger partial charge on any atom is -0.351 e. The van der Waals surface area contributed by atoms with Gasteiger partial charge in [0, 0.05) is 32.6 Å². The normalized spacial score (nSPS) is 24.1. The molecule has 1 aliphatic heterocycles. The fourth-order valence-corrected chi connectivity index (χ4v) is 2.67. The fourth-order valence-electron chi connectivity index (χ4n) is 2.67. The quantitative estimate of drug-likeness (QED) is 0.712. The molecular formula is C15H27N3O2. The summed E-state index contributed by atoms with van der Waals surface area (Å²) in [7, 11) is 0. The number of hydrogen-bond acceptors (Lipinski definition) is 3. The molecule has 0 radical (unpaired) electrons. The molecule has 1 fully saturated rings. The van der Waals surface area contributed by atoms with Crippen LogP contribution in [0.5, 0.6) is 0 Å². The molecule has 0 aliphatic carbocycles. The average Bonchev–Trinajstić information content (AvgIpc) is 2.44. The second kappa shape index (κ2) is 8.04. The average molecular weight is 281 g/mol. The van der Waals surface area contributed by atoms with E-state index in [0.29, 0.717) is 18.5 Å². The van der Waals surface area contributed by atoms with E-state index in [9.17, 15) is 9.59 Å². The van der Waals surface area contributed by atoms with E-state index in [1.54, 1.807) is 13.0 Å². The van der Waals surface area contributed by atoms with Crippen molar-refractivity contribution in [2.45, 2.75) is 45.7 Å². The maximum atomic E-state index is 11.9. The molecule has 1 heterocycles. The molecule has 0 aromatic rings. The van der Waals surface area contributed by atoms with E-state index in [0.717, 1.165) is 25.9 Å². The molecule has 0 saturated carbocycles. The lowest BCUT2D eigenvalue weighted by Crippen LogP contribution is -2.55. The summed E-state index contributed by atoms with van der Waals surface area (Å²) < 4.78 is 0. The Bertz CT molecular complexity index is 357. The van der Waals surface area contributed by atoms with Crippen molar-refractivity contribution < 1.29 is 9.59 Å². The summed E-state index contributed by atoms with van der Waals surface area (Å²) in [4.78, 5) is 25.2. The molecule has 0 spiro atoms. The molecule has 0 unspecified atom stereocenters. The Labute approximate surface area is 121 Å². The molecule has 1 rings (SSSR count). The first-order chi connectivity index (χ1) is 9.49. The second-order valence-corrected chi connectivity index (χ2v) is 5.45. The van der Waals surface area contributed by atoms with Crippen LogP contribution >= 0.6 is 0 Å². The van der Waals surface area contributed by atoms with Crippen LogP contribution in [0, 0.1) is 5.92 Å². The number of carbonyl (C=O) groups excluding carboxylic acids is 2. The summed E-state index contributed by atoms with van der Waals surface area (Å²) in [5.41, 5.74) is 0. The molecule has 2 amide bonds. The van der Waals surface area contributed by atoms with Crippen molar-refractivity contribution in [2.24, 2.45) is 5.92 Å². The van der Waals surface area contributed by atoms with E-state index < -0.39 is 0 Å². The van der Waals surface area contributed by atoms with Crippen LogP contribution in [0.3, 0.4) is 0 Å². The number of amides is 2. The molecule has 20 heavy (non-hydrogen) atoms.